The van der Waals surface area contributed by atoms with Crippen molar-refractivity contribution in [1.29, 1.82) is 0 Å². The Morgan fingerprint density at radius 2 is 1.79 bits per heavy atom. The fourth-order valence-electron chi connectivity index (χ4n) is 3.42. The van der Waals surface area contributed by atoms with Crippen molar-refractivity contribution in [2.45, 2.75) is 4.90 Å². The molecule has 0 saturated carbocycles. The molecule has 8 heteroatoms. The van der Waals surface area contributed by atoms with Gasteiger partial charge in [0.05, 0.1) is 33.4 Å². The zero-order valence-corrected chi connectivity index (χ0v) is 19.1. The van der Waals surface area contributed by atoms with Gasteiger partial charge in [0.15, 0.2) is 0 Å². The third kappa shape index (κ3) is 4.60. The van der Waals surface area contributed by atoms with Gasteiger partial charge in [0.1, 0.15) is 0 Å². The molecular formula is C25H20ClN3O3S. The minimum atomic E-state index is -4.02. The van der Waals surface area contributed by atoms with Gasteiger partial charge in [-0.05, 0) is 42.5 Å². The van der Waals surface area contributed by atoms with Crippen LogP contribution in [0.1, 0.15) is 10.4 Å². The average Bonchev–Trinajstić information content (AvgIpc) is 2.83. The molecule has 0 spiro atoms. The molecule has 0 aliphatic heterocycles. The second-order valence-corrected chi connectivity index (χ2v) is 9.41. The lowest BCUT2D eigenvalue weighted by Gasteiger charge is -2.24. The highest BCUT2D eigenvalue weighted by atomic mass is 35.5. The first kappa shape index (κ1) is 22.5. The lowest BCUT2D eigenvalue weighted by molar-refractivity contribution is 0.102. The first-order valence-corrected chi connectivity index (χ1v) is 11.9. The zero-order chi connectivity index (χ0) is 23.4. The summed E-state index contributed by atoms with van der Waals surface area (Å²) in [5.41, 5.74) is 1.71. The Kier molecular flexibility index (Phi) is 6.44. The summed E-state index contributed by atoms with van der Waals surface area (Å²) in [6.07, 6.45) is 3.12. The molecule has 0 bridgehead atoms. The van der Waals surface area contributed by atoms with E-state index in [0.717, 1.165) is 9.69 Å². The maximum Gasteiger partial charge on any atom is 0.264 e. The zero-order valence-electron chi connectivity index (χ0n) is 17.5. The number of amides is 1. The predicted octanol–water partition coefficient (Wildman–Crippen LogP) is 5.52. The van der Waals surface area contributed by atoms with Crippen molar-refractivity contribution in [2.24, 2.45) is 0 Å². The summed E-state index contributed by atoms with van der Waals surface area (Å²) < 4.78 is 28.1. The molecule has 6 nitrogen and oxygen atoms in total. The van der Waals surface area contributed by atoms with Gasteiger partial charge in [0.25, 0.3) is 15.9 Å². The fourth-order valence-corrected chi connectivity index (χ4v) is 5.21. The average molecular weight is 478 g/mol. The normalized spacial score (nSPS) is 11.2. The Hall–Kier alpha value is -3.68. The van der Waals surface area contributed by atoms with Gasteiger partial charge >= 0.3 is 0 Å². The number of carbonyl (C=O) groups is 1. The van der Waals surface area contributed by atoms with Crippen molar-refractivity contribution in [2.75, 3.05) is 16.2 Å². The second-order valence-electron chi connectivity index (χ2n) is 7.14. The third-order valence-corrected chi connectivity index (χ3v) is 7.08. The fraction of sp³-hybridized carbons (Fsp3) is 0.0400. The molecule has 0 radical (unpaired) electrons. The van der Waals surface area contributed by atoms with Crippen LogP contribution in [-0.4, -0.2) is 25.9 Å². The number of anilines is 2. The molecule has 1 amide bonds. The Bertz CT molecular complexity index is 1450. The number of benzene rings is 3. The van der Waals surface area contributed by atoms with Crippen LogP contribution in [0.25, 0.3) is 10.9 Å². The second kappa shape index (κ2) is 9.44. The summed E-state index contributed by atoms with van der Waals surface area (Å²) in [5.74, 6) is -0.446. The molecule has 0 aliphatic carbocycles. The maximum absolute atomic E-state index is 13.5. The van der Waals surface area contributed by atoms with E-state index in [1.807, 2.05) is 24.3 Å². The molecule has 0 aliphatic rings. The summed E-state index contributed by atoms with van der Waals surface area (Å²) in [7, 11) is -4.02. The molecule has 1 aromatic heterocycles. The van der Waals surface area contributed by atoms with Gasteiger partial charge in [-0.1, -0.05) is 54.1 Å². The highest BCUT2D eigenvalue weighted by Crippen LogP contribution is 2.30. The molecule has 0 saturated heterocycles. The van der Waals surface area contributed by atoms with E-state index in [4.69, 9.17) is 11.6 Å². The number of sulfonamides is 1. The predicted molar refractivity (Wildman–Crippen MR) is 132 cm³/mol. The van der Waals surface area contributed by atoms with Crippen LogP contribution in [0, 0.1) is 0 Å². The molecule has 4 rings (SSSR count). The van der Waals surface area contributed by atoms with Crippen LogP contribution in [0.3, 0.4) is 0 Å². The summed E-state index contributed by atoms with van der Waals surface area (Å²) in [4.78, 5) is 17.3. The molecule has 33 heavy (non-hydrogen) atoms. The standard InChI is InChI=1S/C25H20ClN3O3S/c1-2-16-29(23-14-4-3-12-21(23)26)33(31,32)20-11-5-9-19(17-20)25(30)28-22-13-6-8-18-10-7-15-27-24(18)22/h2-15,17H,1,16H2,(H,28,30). The molecule has 166 valence electrons. The first-order valence-electron chi connectivity index (χ1n) is 10.0. The van der Waals surface area contributed by atoms with Crippen LogP contribution in [0.5, 0.6) is 0 Å². The molecule has 0 atom stereocenters. The summed E-state index contributed by atoms with van der Waals surface area (Å²) in [5, 5.41) is 4.00. The number of para-hydroxylation sites is 2. The maximum atomic E-state index is 13.5. The largest absolute Gasteiger partial charge is 0.320 e. The van der Waals surface area contributed by atoms with Crippen molar-refractivity contribution in [1.82, 2.24) is 4.98 Å². The minimum absolute atomic E-state index is 0.0180. The number of nitrogens with one attached hydrogen (secondary N) is 1. The number of hydrogen-bond donors (Lipinski definition) is 1. The molecule has 0 unspecified atom stereocenters. The number of carbonyl (C=O) groups excluding carboxylic acids is 1. The lowest BCUT2D eigenvalue weighted by atomic mass is 10.1. The highest BCUT2D eigenvalue weighted by Gasteiger charge is 2.26. The Morgan fingerprint density at radius 1 is 1.03 bits per heavy atom. The van der Waals surface area contributed by atoms with E-state index in [1.165, 1.54) is 24.3 Å². The molecule has 0 fully saturated rings. The molecule has 1 N–H and O–H groups in total. The van der Waals surface area contributed by atoms with Gasteiger partial charge in [-0.15, -0.1) is 6.58 Å². The Labute approximate surface area is 197 Å². The van der Waals surface area contributed by atoms with Crippen LogP contribution < -0.4 is 9.62 Å². The molecular weight excluding hydrogens is 458 g/mol. The van der Waals surface area contributed by atoms with Crippen LogP contribution in [0.15, 0.2) is 103 Å². The van der Waals surface area contributed by atoms with E-state index < -0.39 is 15.9 Å². The van der Waals surface area contributed by atoms with Gasteiger partial charge in [-0.25, -0.2) is 8.42 Å². The van der Waals surface area contributed by atoms with E-state index in [1.54, 1.807) is 42.6 Å². The van der Waals surface area contributed by atoms with Crippen molar-refractivity contribution in [3.63, 3.8) is 0 Å². The van der Waals surface area contributed by atoms with E-state index in [9.17, 15) is 13.2 Å². The van der Waals surface area contributed by atoms with E-state index in [-0.39, 0.29) is 17.0 Å². The van der Waals surface area contributed by atoms with Crippen molar-refractivity contribution < 1.29 is 13.2 Å². The van der Waals surface area contributed by atoms with Gasteiger partial charge < -0.3 is 5.32 Å². The molecule has 3 aromatic carbocycles. The van der Waals surface area contributed by atoms with Gasteiger partial charge in [-0.2, -0.15) is 0 Å². The number of pyridine rings is 1. The van der Waals surface area contributed by atoms with E-state index >= 15 is 0 Å². The minimum Gasteiger partial charge on any atom is -0.320 e. The summed E-state index contributed by atoms with van der Waals surface area (Å²) in [6, 6.07) is 21.7. The Balaban J connectivity index is 1.68. The number of hydrogen-bond acceptors (Lipinski definition) is 4. The number of rotatable bonds is 7. The number of nitrogens with zero attached hydrogens (tertiary/aromatic N) is 2. The number of aromatic nitrogens is 1. The van der Waals surface area contributed by atoms with Crippen molar-refractivity contribution in [3.8, 4) is 0 Å². The summed E-state index contributed by atoms with van der Waals surface area (Å²) >= 11 is 6.26. The van der Waals surface area contributed by atoms with Gasteiger partial charge in [0.2, 0.25) is 0 Å². The van der Waals surface area contributed by atoms with Crippen molar-refractivity contribution >= 4 is 49.8 Å². The van der Waals surface area contributed by atoms with Gasteiger partial charge in [0, 0.05) is 17.1 Å². The number of halogens is 1. The van der Waals surface area contributed by atoms with Crippen LogP contribution >= 0.6 is 11.6 Å². The van der Waals surface area contributed by atoms with Crippen molar-refractivity contribution in [3.05, 3.63) is 108 Å². The van der Waals surface area contributed by atoms with Crippen LogP contribution in [0.2, 0.25) is 5.02 Å². The lowest BCUT2D eigenvalue weighted by Crippen LogP contribution is -2.31. The van der Waals surface area contributed by atoms with Gasteiger partial charge in [-0.3, -0.25) is 14.1 Å². The topological polar surface area (TPSA) is 79.4 Å². The summed E-state index contributed by atoms with van der Waals surface area (Å²) in [6.45, 7) is 3.68. The Morgan fingerprint density at radius 3 is 2.58 bits per heavy atom. The van der Waals surface area contributed by atoms with E-state index in [2.05, 4.69) is 16.9 Å². The monoisotopic (exact) mass is 477 g/mol. The highest BCUT2D eigenvalue weighted by molar-refractivity contribution is 7.92. The SMILES string of the molecule is C=CCN(c1ccccc1Cl)S(=O)(=O)c1cccc(C(=O)Nc2cccc3cccnc23)c1. The smallest absolute Gasteiger partial charge is 0.264 e. The third-order valence-electron chi connectivity index (χ3n) is 4.98. The first-order chi connectivity index (χ1) is 15.9. The van der Waals surface area contributed by atoms with E-state index in [0.29, 0.717) is 21.9 Å². The van der Waals surface area contributed by atoms with Crippen LogP contribution in [0.4, 0.5) is 11.4 Å². The molecule has 1 heterocycles. The number of fused-ring (bicyclic) bond motifs is 1. The molecule has 4 aromatic rings. The van der Waals surface area contributed by atoms with Crippen LogP contribution in [-0.2, 0) is 10.0 Å². The quantitative estimate of drug-likeness (QED) is 0.355.